The highest BCUT2D eigenvalue weighted by Gasteiger charge is 2.20. The third-order valence-electron chi connectivity index (χ3n) is 2.97. The lowest BCUT2D eigenvalue weighted by Gasteiger charge is -2.32. The number of anilines is 1. The van der Waals surface area contributed by atoms with Crippen LogP contribution in [0.5, 0.6) is 0 Å². The zero-order valence-electron chi connectivity index (χ0n) is 10.6. The van der Waals surface area contributed by atoms with Crippen LogP contribution in [0.4, 0.5) is 11.5 Å². The second-order valence-corrected chi connectivity index (χ2v) is 4.54. The maximum Gasteiger partial charge on any atom is 0.312 e. The Kier molecular flexibility index (Phi) is 3.73. The molecule has 1 saturated heterocycles. The van der Waals surface area contributed by atoms with E-state index in [1.54, 1.807) is 13.1 Å². The molecule has 0 unspecified atom stereocenters. The van der Waals surface area contributed by atoms with Gasteiger partial charge in [-0.1, -0.05) is 0 Å². The van der Waals surface area contributed by atoms with Crippen molar-refractivity contribution in [2.24, 2.45) is 0 Å². The van der Waals surface area contributed by atoms with Gasteiger partial charge in [0.15, 0.2) is 0 Å². The molecule has 1 aliphatic rings. The number of nitrogens with zero attached hydrogens (tertiary/aromatic N) is 4. The number of pyridine rings is 1. The smallest absolute Gasteiger partial charge is 0.304 e. The number of rotatable bonds is 3. The lowest BCUT2D eigenvalue weighted by atomic mass is 10.3. The Morgan fingerprint density at radius 2 is 2.06 bits per heavy atom. The van der Waals surface area contributed by atoms with Crippen LogP contribution in [-0.4, -0.2) is 53.0 Å². The zero-order valence-corrected chi connectivity index (χ0v) is 10.6. The summed E-state index contributed by atoms with van der Waals surface area (Å²) in [4.78, 5) is 16.9. The Labute approximate surface area is 106 Å². The Bertz CT molecular complexity index is 443. The molecule has 7 heteroatoms. The summed E-state index contributed by atoms with van der Waals surface area (Å²) in [6.45, 7) is 5.31. The molecule has 1 fully saturated rings. The molecule has 0 spiro atoms. The van der Waals surface area contributed by atoms with E-state index < -0.39 is 4.92 Å². The summed E-state index contributed by atoms with van der Waals surface area (Å²) < 4.78 is 0. The minimum Gasteiger partial charge on any atom is -0.304 e. The van der Waals surface area contributed by atoms with Gasteiger partial charge in [-0.2, -0.15) is 0 Å². The van der Waals surface area contributed by atoms with E-state index in [0.29, 0.717) is 5.82 Å². The van der Waals surface area contributed by atoms with Gasteiger partial charge >= 0.3 is 5.69 Å². The fourth-order valence-electron chi connectivity index (χ4n) is 1.85. The first-order valence-electron chi connectivity index (χ1n) is 5.87. The third-order valence-corrected chi connectivity index (χ3v) is 2.97. The number of nitro groups is 1. The van der Waals surface area contributed by atoms with Gasteiger partial charge in [0.2, 0.25) is 5.82 Å². The predicted octanol–water partition coefficient (Wildman–Crippen LogP) is 0.873. The number of piperazine rings is 1. The highest BCUT2D eigenvalue weighted by Crippen LogP contribution is 2.23. The van der Waals surface area contributed by atoms with Crippen molar-refractivity contribution in [3.05, 3.63) is 27.9 Å². The molecule has 1 aliphatic heterocycles. The molecule has 0 aliphatic carbocycles. The fourth-order valence-corrected chi connectivity index (χ4v) is 1.85. The molecule has 0 radical (unpaired) electrons. The van der Waals surface area contributed by atoms with Crippen LogP contribution in [0, 0.1) is 17.0 Å². The van der Waals surface area contributed by atoms with Gasteiger partial charge < -0.3 is 4.90 Å². The molecular formula is C11H17N5O2. The van der Waals surface area contributed by atoms with Crippen molar-refractivity contribution in [1.82, 2.24) is 14.9 Å². The Morgan fingerprint density at radius 3 is 2.67 bits per heavy atom. The standard InChI is InChI=1S/C11H17N5O2/c1-9-7-10(16(17)18)11(12-8-9)13-15-5-3-14(2)4-6-15/h7-8H,3-6H2,1-2H3,(H,12,13). The summed E-state index contributed by atoms with van der Waals surface area (Å²) in [7, 11) is 2.06. The van der Waals surface area contributed by atoms with Crippen molar-refractivity contribution in [2.75, 3.05) is 38.7 Å². The average molecular weight is 251 g/mol. The Hall–Kier alpha value is -1.73. The van der Waals surface area contributed by atoms with Crippen LogP contribution in [0.25, 0.3) is 0 Å². The van der Waals surface area contributed by atoms with Crippen molar-refractivity contribution in [1.29, 1.82) is 0 Å². The van der Waals surface area contributed by atoms with Crippen LogP contribution in [0.3, 0.4) is 0 Å². The quantitative estimate of drug-likeness (QED) is 0.634. The van der Waals surface area contributed by atoms with E-state index in [1.165, 1.54) is 6.07 Å². The molecule has 1 N–H and O–H groups in total. The van der Waals surface area contributed by atoms with Gasteiger partial charge in [-0.15, -0.1) is 0 Å². The van der Waals surface area contributed by atoms with Gasteiger partial charge in [0, 0.05) is 38.4 Å². The molecule has 0 atom stereocenters. The summed E-state index contributed by atoms with van der Waals surface area (Å²) in [5.41, 5.74) is 3.84. The van der Waals surface area contributed by atoms with Gasteiger partial charge in [-0.3, -0.25) is 15.5 Å². The second-order valence-electron chi connectivity index (χ2n) is 4.54. The molecule has 0 aromatic carbocycles. The SMILES string of the molecule is Cc1cnc(NN2CCN(C)CC2)c([N+](=O)[O-])c1. The summed E-state index contributed by atoms with van der Waals surface area (Å²) >= 11 is 0. The molecule has 0 bridgehead atoms. The fraction of sp³-hybridized carbons (Fsp3) is 0.545. The lowest BCUT2D eigenvalue weighted by molar-refractivity contribution is -0.384. The molecule has 0 amide bonds. The van der Waals surface area contributed by atoms with Crippen molar-refractivity contribution >= 4 is 11.5 Å². The van der Waals surface area contributed by atoms with Gasteiger partial charge in [0.05, 0.1) is 4.92 Å². The van der Waals surface area contributed by atoms with E-state index in [4.69, 9.17) is 0 Å². The minimum absolute atomic E-state index is 0.0222. The lowest BCUT2D eigenvalue weighted by Crippen LogP contribution is -2.47. The van der Waals surface area contributed by atoms with E-state index in [9.17, 15) is 10.1 Å². The maximum absolute atomic E-state index is 11.0. The third kappa shape index (κ3) is 2.93. The Morgan fingerprint density at radius 1 is 1.39 bits per heavy atom. The number of hydrogen-bond donors (Lipinski definition) is 1. The van der Waals surface area contributed by atoms with Crippen LogP contribution in [0.15, 0.2) is 12.3 Å². The summed E-state index contributed by atoms with van der Waals surface area (Å²) in [5.74, 6) is 0.315. The van der Waals surface area contributed by atoms with Crippen molar-refractivity contribution < 1.29 is 4.92 Å². The van der Waals surface area contributed by atoms with Gasteiger partial charge in [0.25, 0.3) is 0 Å². The summed E-state index contributed by atoms with van der Waals surface area (Å²) in [6.07, 6.45) is 1.63. The number of hydrazine groups is 1. The highest BCUT2D eigenvalue weighted by molar-refractivity contribution is 5.55. The van der Waals surface area contributed by atoms with E-state index in [0.717, 1.165) is 31.7 Å². The maximum atomic E-state index is 11.0. The van der Waals surface area contributed by atoms with E-state index in [-0.39, 0.29) is 5.69 Å². The molecule has 18 heavy (non-hydrogen) atoms. The minimum atomic E-state index is -0.404. The first-order valence-corrected chi connectivity index (χ1v) is 5.87. The monoisotopic (exact) mass is 251 g/mol. The van der Waals surface area contributed by atoms with Gasteiger partial charge in [0.1, 0.15) is 0 Å². The first kappa shape index (κ1) is 12.7. The molecule has 0 saturated carbocycles. The van der Waals surface area contributed by atoms with E-state index in [1.807, 2.05) is 5.01 Å². The first-order chi connectivity index (χ1) is 8.56. The molecule has 1 aromatic heterocycles. The van der Waals surface area contributed by atoms with Crippen LogP contribution in [0.1, 0.15) is 5.56 Å². The van der Waals surface area contributed by atoms with Gasteiger partial charge in [-0.05, 0) is 19.5 Å². The zero-order chi connectivity index (χ0) is 13.1. The van der Waals surface area contributed by atoms with Crippen LogP contribution in [0.2, 0.25) is 0 Å². The molecule has 7 nitrogen and oxygen atoms in total. The highest BCUT2D eigenvalue weighted by atomic mass is 16.6. The van der Waals surface area contributed by atoms with Crippen LogP contribution < -0.4 is 5.43 Å². The average Bonchev–Trinajstić information content (AvgIpc) is 2.34. The molecular weight excluding hydrogens is 234 g/mol. The van der Waals surface area contributed by atoms with Crippen molar-refractivity contribution in [3.63, 3.8) is 0 Å². The molecule has 2 heterocycles. The molecule has 98 valence electrons. The van der Waals surface area contributed by atoms with Crippen LogP contribution >= 0.6 is 0 Å². The number of nitrogens with one attached hydrogen (secondary N) is 1. The van der Waals surface area contributed by atoms with Crippen LogP contribution in [-0.2, 0) is 0 Å². The van der Waals surface area contributed by atoms with Crippen molar-refractivity contribution in [2.45, 2.75) is 6.92 Å². The number of aromatic nitrogens is 1. The van der Waals surface area contributed by atoms with Gasteiger partial charge in [-0.25, -0.2) is 9.99 Å². The predicted molar refractivity (Wildman–Crippen MR) is 68.3 cm³/mol. The van der Waals surface area contributed by atoms with E-state index in [2.05, 4.69) is 22.4 Å². The number of aryl methyl sites for hydroxylation is 1. The van der Waals surface area contributed by atoms with E-state index >= 15 is 0 Å². The topological polar surface area (TPSA) is 74.5 Å². The Balaban J connectivity index is 2.11. The van der Waals surface area contributed by atoms with Crippen molar-refractivity contribution in [3.8, 4) is 0 Å². The summed E-state index contributed by atoms with van der Waals surface area (Å²) in [6, 6.07) is 1.53. The number of hydrogen-bond acceptors (Lipinski definition) is 6. The largest absolute Gasteiger partial charge is 0.312 e. The second kappa shape index (κ2) is 5.28. The molecule has 1 aromatic rings. The summed E-state index contributed by atoms with van der Waals surface area (Å²) in [5, 5.41) is 12.9. The molecule has 2 rings (SSSR count). The normalized spacial score (nSPS) is 17.7. The number of likely N-dealkylation sites (N-methyl/N-ethyl adjacent to an activating group) is 1.